The number of aryl methyl sites for hydroxylation is 1. The number of hydrogen-bond donors (Lipinski definition) is 0. The van der Waals surface area contributed by atoms with Crippen molar-refractivity contribution < 1.29 is 9.53 Å². The third-order valence-corrected chi connectivity index (χ3v) is 2.91. The molecule has 2 rings (SSSR count). The summed E-state index contributed by atoms with van der Waals surface area (Å²) >= 11 is 0. The third-order valence-electron chi connectivity index (χ3n) is 2.91. The van der Waals surface area contributed by atoms with Crippen LogP contribution < -0.4 is 0 Å². The Morgan fingerprint density at radius 3 is 3.00 bits per heavy atom. The normalized spacial score (nSPS) is 20.4. The molecule has 0 aliphatic carbocycles. The van der Waals surface area contributed by atoms with E-state index in [1.165, 1.54) is 7.11 Å². The molecule has 16 heavy (non-hydrogen) atoms. The molecule has 0 bridgehead atoms. The van der Waals surface area contributed by atoms with Crippen LogP contribution in [0.25, 0.3) is 0 Å². The largest absolute Gasteiger partial charge is 0.468 e. The molecule has 1 aliphatic rings. The third kappa shape index (κ3) is 2.38. The van der Waals surface area contributed by atoms with Gasteiger partial charge in [-0.3, -0.25) is 14.4 Å². The minimum atomic E-state index is -0.119. The molecular formula is C10H16N4O2. The lowest BCUT2D eigenvalue weighted by molar-refractivity contribution is -0.151. The fourth-order valence-electron chi connectivity index (χ4n) is 1.90. The Kier molecular flexibility index (Phi) is 3.51. The Hall–Kier alpha value is -1.43. The Labute approximate surface area is 94.2 Å². The minimum absolute atomic E-state index is 0.0271. The lowest BCUT2D eigenvalue weighted by Crippen LogP contribution is -2.53. The van der Waals surface area contributed by atoms with Crippen molar-refractivity contribution >= 4 is 5.97 Å². The van der Waals surface area contributed by atoms with E-state index in [2.05, 4.69) is 15.2 Å². The van der Waals surface area contributed by atoms with Crippen LogP contribution >= 0.6 is 0 Å². The molecule has 1 fully saturated rings. The number of carbonyl (C=O) groups is 1. The van der Waals surface area contributed by atoms with Gasteiger partial charge in [0.25, 0.3) is 0 Å². The van der Waals surface area contributed by atoms with E-state index in [-0.39, 0.29) is 12.0 Å². The molecule has 0 N–H and O–H groups in total. The number of aromatic nitrogens is 3. The first kappa shape index (κ1) is 11.1. The summed E-state index contributed by atoms with van der Waals surface area (Å²) in [6, 6.07) is -0.0271. The maximum Gasteiger partial charge on any atom is 0.323 e. The Balaban J connectivity index is 1.69. The van der Waals surface area contributed by atoms with Crippen LogP contribution in [0.1, 0.15) is 12.8 Å². The van der Waals surface area contributed by atoms with E-state index in [1.54, 1.807) is 10.9 Å². The molecule has 1 unspecified atom stereocenters. The van der Waals surface area contributed by atoms with Gasteiger partial charge in [-0.05, 0) is 12.8 Å². The highest BCUT2D eigenvalue weighted by molar-refractivity contribution is 5.76. The number of nitrogens with zero attached hydrogens (tertiary/aromatic N) is 4. The molecule has 1 aliphatic heterocycles. The van der Waals surface area contributed by atoms with Crippen molar-refractivity contribution in [3.8, 4) is 0 Å². The number of ether oxygens (including phenoxy) is 1. The fraction of sp³-hybridized carbons (Fsp3) is 0.700. The predicted octanol–water partition coefficient (Wildman–Crippen LogP) is -0.0845. The number of hydrogen-bond acceptors (Lipinski definition) is 5. The van der Waals surface area contributed by atoms with Crippen LogP contribution in [-0.4, -0.2) is 52.1 Å². The van der Waals surface area contributed by atoms with Crippen LogP contribution in [-0.2, 0) is 16.1 Å². The zero-order valence-corrected chi connectivity index (χ0v) is 9.37. The van der Waals surface area contributed by atoms with Crippen molar-refractivity contribution in [3.63, 3.8) is 0 Å². The summed E-state index contributed by atoms with van der Waals surface area (Å²) in [6.07, 6.45) is 5.39. The summed E-state index contributed by atoms with van der Waals surface area (Å²) in [5.41, 5.74) is 0. The van der Waals surface area contributed by atoms with Gasteiger partial charge < -0.3 is 4.74 Å². The molecule has 1 saturated heterocycles. The van der Waals surface area contributed by atoms with Gasteiger partial charge in [-0.2, -0.15) is 0 Å². The van der Waals surface area contributed by atoms with Gasteiger partial charge in [-0.1, -0.05) is 5.21 Å². The van der Waals surface area contributed by atoms with Gasteiger partial charge in [0.15, 0.2) is 0 Å². The highest BCUT2D eigenvalue weighted by Crippen LogP contribution is 2.18. The van der Waals surface area contributed by atoms with E-state index in [0.717, 1.165) is 32.5 Å². The highest BCUT2D eigenvalue weighted by atomic mass is 16.5. The van der Waals surface area contributed by atoms with E-state index in [4.69, 9.17) is 4.74 Å². The van der Waals surface area contributed by atoms with Crippen molar-refractivity contribution in [2.24, 2.45) is 0 Å². The molecule has 1 aromatic heterocycles. The summed E-state index contributed by atoms with van der Waals surface area (Å²) in [4.78, 5) is 13.4. The Morgan fingerprint density at radius 1 is 1.56 bits per heavy atom. The average Bonchev–Trinajstić information content (AvgIpc) is 2.75. The predicted molar refractivity (Wildman–Crippen MR) is 56.6 cm³/mol. The van der Waals surface area contributed by atoms with Gasteiger partial charge in [0.05, 0.1) is 13.3 Å². The van der Waals surface area contributed by atoms with Gasteiger partial charge in [0.2, 0.25) is 0 Å². The molecule has 0 spiro atoms. The van der Waals surface area contributed by atoms with Crippen LogP contribution in [0.3, 0.4) is 0 Å². The monoisotopic (exact) mass is 224 g/mol. The highest BCUT2D eigenvalue weighted by Gasteiger charge is 2.34. The number of methoxy groups -OCH3 is 1. The zero-order chi connectivity index (χ0) is 11.4. The van der Waals surface area contributed by atoms with Gasteiger partial charge in [-0.25, -0.2) is 0 Å². The summed E-state index contributed by atoms with van der Waals surface area (Å²) in [5, 5.41) is 7.62. The quantitative estimate of drug-likeness (QED) is 0.654. The number of esters is 1. The molecule has 0 aromatic carbocycles. The first-order chi connectivity index (χ1) is 7.81. The van der Waals surface area contributed by atoms with Crippen LogP contribution in [0.15, 0.2) is 12.4 Å². The van der Waals surface area contributed by atoms with Crippen molar-refractivity contribution in [2.75, 3.05) is 20.2 Å². The maximum atomic E-state index is 11.3. The Bertz CT molecular complexity index is 339. The van der Waals surface area contributed by atoms with Gasteiger partial charge in [0, 0.05) is 25.8 Å². The lowest BCUT2D eigenvalue weighted by Gasteiger charge is -2.38. The minimum Gasteiger partial charge on any atom is -0.468 e. The molecule has 6 heteroatoms. The summed E-state index contributed by atoms with van der Waals surface area (Å²) in [6.45, 7) is 2.72. The smallest absolute Gasteiger partial charge is 0.323 e. The van der Waals surface area contributed by atoms with Gasteiger partial charge in [-0.15, -0.1) is 5.10 Å². The number of rotatable bonds is 5. The van der Waals surface area contributed by atoms with Crippen LogP contribution in [0, 0.1) is 0 Å². The number of likely N-dealkylation sites (tertiary alicyclic amines) is 1. The van der Waals surface area contributed by atoms with E-state index in [0.29, 0.717) is 0 Å². The summed E-state index contributed by atoms with van der Waals surface area (Å²) in [5.74, 6) is -0.119. The van der Waals surface area contributed by atoms with Crippen molar-refractivity contribution in [1.82, 2.24) is 19.9 Å². The second kappa shape index (κ2) is 5.07. The molecule has 0 saturated carbocycles. The SMILES string of the molecule is COC(=O)C1CCN1CCCn1ccnn1. The molecule has 1 atom stereocenters. The molecule has 0 radical (unpaired) electrons. The molecule has 88 valence electrons. The first-order valence-electron chi connectivity index (χ1n) is 5.47. The molecule has 0 amide bonds. The fourth-order valence-corrected chi connectivity index (χ4v) is 1.90. The molecular weight excluding hydrogens is 208 g/mol. The van der Waals surface area contributed by atoms with Gasteiger partial charge in [0.1, 0.15) is 6.04 Å². The summed E-state index contributed by atoms with van der Waals surface area (Å²) in [7, 11) is 1.44. The molecule has 1 aromatic rings. The van der Waals surface area contributed by atoms with E-state index in [1.807, 2.05) is 6.20 Å². The second-order valence-corrected chi connectivity index (χ2v) is 3.88. The lowest BCUT2D eigenvalue weighted by atomic mass is 10.0. The standard InChI is InChI=1S/C10H16N4O2/c1-16-10(15)9-3-7-13(9)5-2-6-14-8-4-11-12-14/h4,8-9H,2-3,5-7H2,1H3. The second-order valence-electron chi connectivity index (χ2n) is 3.88. The van der Waals surface area contributed by atoms with Crippen LogP contribution in [0.4, 0.5) is 0 Å². The summed E-state index contributed by atoms with van der Waals surface area (Å²) < 4.78 is 6.53. The van der Waals surface area contributed by atoms with E-state index < -0.39 is 0 Å². The van der Waals surface area contributed by atoms with E-state index in [9.17, 15) is 4.79 Å². The molecule has 6 nitrogen and oxygen atoms in total. The number of carbonyl (C=O) groups excluding carboxylic acids is 1. The average molecular weight is 224 g/mol. The van der Waals surface area contributed by atoms with E-state index >= 15 is 0 Å². The topological polar surface area (TPSA) is 60.2 Å². The maximum absolute atomic E-state index is 11.3. The van der Waals surface area contributed by atoms with Crippen molar-refractivity contribution in [2.45, 2.75) is 25.4 Å². The van der Waals surface area contributed by atoms with Crippen molar-refractivity contribution in [1.29, 1.82) is 0 Å². The van der Waals surface area contributed by atoms with Gasteiger partial charge >= 0.3 is 5.97 Å². The zero-order valence-electron chi connectivity index (χ0n) is 9.37. The van der Waals surface area contributed by atoms with Crippen LogP contribution in [0.5, 0.6) is 0 Å². The van der Waals surface area contributed by atoms with Crippen LogP contribution in [0.2, 0.25) is 0 Å². The Morgan fingerprint density at radius 2 is 2.44 bits per heavy atom. The molecule has 2 heterocycles. The van der Waals surface area contributed by atoms with Crippen molar-refractivity contribution in [3.05, 3.63) is 12.4 Å². The first-order valence-corrected chi connectivity index (χ1v) is 5.47.